The molecular weight excluding hydrogens is 183 g/mol. The van der Waals surface area contributed by atoms with E-state index < -0.39 is 13.4 Å². The van der Waals surface area contributed by atoms with E-state index in [1.54, 1.807) is 0 Å². The van der Waals surface area contributed by atoms with E-state index in [0.29, 0.717) is 0 Å². The molecule has 12 heavy (non-hydrogen) atoms. The highest BCUT2D eigenvalue weighted by molar-refractivity contribution is 7.51. The Morgan fingerprint density at radius 3 is 2.25 bits per heavy atom. The van der Waals surface area contributed by atoms with Gasteiger partial charge in [-0.3, -0.25) is 4.57 Å². The number of hydrogen-bond donors (Lipinski definition) is 3. The highest BCUT2D eigenvalue weighted by Gasteiger charge is 2.30. The molecule has 0 radical (unpaired) electrons. The fraction of sp³-hybridized carbons (Fsp3) is 0.200. The Labute approximate surface area is 68.1 Å². The molecule has 0 spiro atoms. The van der Waals surface area contributed by atoms with Gasteiger partial charge in [-0.15, -0.1) is 0 Å². The highest BCUT2D eigenvalue weighted by atomic mass is 31.2. The molecule has 6 nitrogen and oxygen atoms in total. The molecule has 0 aliphatic rings. The van der Waals surface area contributed by atoms with E-state index in [9.17, 15) is 4.57 Å². The Morgan fingerprint density at radius 1 is 1.33 bits per heavy atom. The van der Waals surface area contributed by atoms with Gasteiger partial charge in [0.05, 0.1) is 0 Å². The summed E-state index contributed by atoms with van der Waals surface area (Å²) in [5.41, 5.74) is 0. The van der Waals surface area contributed by atoms with Gasteiger partial charge < -0.3 is 14.9 Å². The quantitative estimate of drug-likeness (QED) is 0.550. The minimum atomic E-state index is -4.55. The van der Waals surface area contributed by atoms with Gasteiger partial charge in [0.2, 0.25) is 5.85 Å². The van der Waals surface area contributed by atoms with Crippen LogP contribution >= 0.6 is 7.60 Å². The van der Waals surface area contributed by atoms with E-state index >= 15 is 0 Å². The second-order valence-corrected chi connectivity index (χ2v) is 3.74. The average molecular weight is 190 g/mol. The molecule has 1 aromatic heterocycles. The van der Waals surface area contributed by atoms with Crippen molar-refractivity contribution in [1.82, 2.24) is 9.97 Å². The zero-order valence-corrected chi connectivity index (χ0v) is 6.80. The van der Waals surface area contributed by atoms with Crippen molar-refractivity contribution < 1.29 is 19.5 Å². The van der Waals surface area contributed by atoms with Crippen molar-refractivity contribution in [3.63, 3.8) is 0 Å². The van der Waals surface area contributed by atoms with Crippen LogP contribution in [0.25, 0.3) is 0 Å². The van der Waals surface area contributed by atoms with Crippen molar-refractivity contribution >= 4 is 7.60 Å². The van der Waals surface area contributed by atoms with Gasteiger partial charge in [0.25, 0.3) is 0 Å². The van der Waals surface area contributed by atoms with E-state index in [-0.39, 0.29) is 5.82 Å². The first-order chi connectivity index (χ1) is 5.52. The van der Waals surface area contributed by atoms with Crippen molar-refractivity contribution in [3.05, 3.63) is 24.3 Å². The summed E-state index contributed by atoms with van der Waals surface area (Å²) in [6.07, 6.45) is 2.59. The maximum atomic E-state index is 10.5. The van der Waals surface area contributed by atoms with Gasteiger partial charge >= 0.3 is 7.60 Å². The van der Waals surface area contributed by atoms with Crippen LogP contribution in [0.3, 0.4) is 0 Å². The van der Waals surface area contributed by atoms with E-state index in [4.69, 9.17) is 14.9 Å². The molecule has 3 N–H and O–H groups in total. The Bertz CT molecular complexity index is 298. The molecule has 0 aromatic carbocycles. The molecule has 1 heterocycles. The van der Waals surface area contributed by atoms with Crippen LogP contribution in [-0.2, 0) is 4.57 Å². The van der Waals surface area contributed by atoms with Gasteiger partial charge in [-0.2, -0.15) is 0 Å². The summed E-state index contributed by atoms with van der Waals surface area (Å²) in [7, 11) is -4.55. The van der Waals surface area contributed by atoms with Crippen LogP contribution in [0, 0.1) is 0 Å². The predicted octanol–water partition coefficient (Wildman–Crippen LogP) is -0.355. The van der Waals surface area contributed by atoms with Crippen molar-refractivity contribution in [3.8, 4) is 0 Å². The molecule has 1 unspecified atom stereocenters. The first-order valence-corrected chi connectivity index (χ1v) is 4.70. The summed E-state index contributed by atoms with van der Waals surface area (Å²) in [6, 6.07) is 1.48. The summed E-state index contributed by atoms with van der Waals surface area (Å²) in [4.78, 5) is 24.0. The van der Waals surface area contributed by atoms with Gasteiger partial charge in [0.1, 0.15) is 0 Å². The first-order valence-electron chi connectivity index (χ1n) is 3.02. The molecule has 1 rings (SSSR count). The van der Waals surface area contributed by atoms with Crippen molar-refractivity contribution in [1.29, 1.82) is 0 Å². The summed E-state index contributed by atoms with van der Waals surface area (Å²) >= 11 is 0. The third-order valence-electron chi connectivity index (χ3n) is 1.14. The fourth-order valence-corrected chi connectivity index (χ4v) is 1.03. The van der Waals surface area contributed by atoms with Crippen LogP contribution < -0.4 is 0 Å². The van der Waals surface area contributed by atoms with Crippen LogP contribution in [0.4, 0.5) is 0 Å². The highest BCUT2D eigenvalue weighted by Crippen LogP contribution is 2.48. The molecule has 1 atom stereocenters. The van der Waals surface area contributed by atoms with Gasteiger partial charge in [0, 0.05) is 12.4 Å². The van der Waals surface area contributed by atoms with Crippen LogP contribution in [0.2, 0.25) is 0 Å². The molecule has 0 aliphatic heterocycles. The maximum Gasteiger partial charge on any atom is 0.361 e. The lowest BCUT2D eigenvalue weighted by atomic mass is 10.6. The Hall–Kier alpha value is -0.810. The molecular formula is C5H7N2O4P. The van der Waals surface area contributed by atoms with Crippen LogP contribution in [0.1, 0.15) is 11.7 Å². The summed E-state index contributed by atoms with van der Waals surface area (Å²) < 4.78 is 10.5. The predicted molar refractivity (Wildman–Crippen MR) is 39.0 cm³/mol. The summed E-state index contributed by atoms with van der Waals surface area (Å²) in [5, 5.41) is 8.97. The van der Waals surface area contributed by atoms with E-state index in [1.807, 2.05) is 0 Å². The molecule has 0 fully saturated rings. The molecule has 7 heteroatoms. The first kappa shape index (κ1) is 9.28. The molecule has 1 aromatic rings. The monoisotopic (exact) mass is 190 g/mol. The lowest BCUT2D eigenvalue weighted by Crippen LogP contribution is -2.03. The van der Waals surface area contributed by atoms with Crippen LogP contribution in [0.5, 0.6) is 0 Å². The molecule has 66 valence electrons. The Kier molecular flexibility index (Phi) is 2.54. The van der Waals surface area contributed by atoms with Crippen molar-refractivity contribution in [2.75, 3.05) is 0 Å². The minimum Gasteiger partial charge on any atom is -0.374 e. The standard InChI is InChI=1S/C5H7N2O4P/c8-5(12(9,10)11)4-6-2-1-3-7-4/h1-3,5,8H,(H2,9,10,11). The number of aliphatic hydroxyl groups excluding tert-OH is 1. The number of aromatic nitrogens is 2. The number of aliphatic hydroxyl groups is 1. The summed E-state index contributed by atoms with van der Waals surface area (Å²) in [6.45, 7) is 0. The topological polar surface area (TPSA) is 104 Å². The van der Waals surface area contributed by atoms with Gasteiger partial charge in [-0.25, -0.2) is 9.97 Å². The molecule has 0 aliphatic carbocycles. The largest absolute Gasteiger partial charge is 0.374 e. The second-order valence-electron chi connectivity index (χ2n) is 2.07. The van der Waals surface area contributed by atoms with Gasteiger partial charge in [-0.05, 0) is 6.07 Å². The van der Waals surface area contributed by atoms with Gasteiger partial charge in [-0.1, -0.05) is 0 Å². The summed E-state index contributed by atoms with van der Waals surface area (Å²) in [5.74, 6) is -2.20. The number of hydrogen-bond acceptors (Lipinski definition) is 4. The Balaban J connectivity index is 2.94. The lowest BCUT2D eigenvalue weighted by Gasteiger charge is -2.09. The van der Waals surface area contributed by atoms with E-state index in [2.05, 4.69) is 9.97 Å². The number of rotatable bonds is 2. The van der Waals surface area contributed by atoms with Crippen LogP contribution in [-0.4, -0.2) is 24.9 Å². The molecule has 0 saturated carbocycles. The molecule has 0 bridgehead atoms. The fourth-order valence-electron chi connectivity index (χ4n) is 0.594. The molecule has 0 amide bonds. The van der Waals surface area contributed by atoms with Crippen LogP contribution in [0.15, 0.2) is 18.5 Å². The Morgan fingerprint density at radius 2 is 1.83 bits per heavy atom. The SMILES string of the molecule is O=P(O)(O)C(O)c1ncccn1. The second kappa shape index (κ2) is 3.28. The third kappa shape index (κ3) is 2.09. The lowest BCUT2D eigenvalue weighted by molar-refractivity contribution is 0.197. The zero-order chi connectivity index (χ0) is 9.19. The molecule has 0 saturated heterocycles. The van der Waals surface area contributed by atoms with E-state index in [1.165, 1.54) is 18.5 Å². The average Bonchev–Trinajstić information content (AvgIpc) is 2.03. The maximum absolute atomic E-state index is 10.5. The van der Waals surface area contributed by atoms with E-state index in [0.717, 1.165) is 0 Å². The van der Waals surface area contributed by atoms with Gasteiger partial charge in [0.15, 0.2) is 5.82 Å². The normalized spacial score (nSPS) is 14.2. The smallest absolute Gasteiger partial charge is 0.361 e. The van der Waals surface area contributed by atoms with Crippen molar-refractivity contribution in [2.45, 2.75) is 5.85 Å². The van der Waals surface area contributed by atoms with Crippen molar-refractivity contribution in [2.24, 2.45) is 0 Å². The third-order valence-corrected chi connectivity index (χ3v) is 2.00. The zero-order valence-electron chi connectivity index (χ0n) is 5.90. The number of nitrogens with zero attached hydrogens (tertiary/aromatic N) is 2. The minimum absolute atomic E-state index is 0.272.